The first-order chi connectivity index (χ1) is 8.63. The summed E-state index contributed by atoms with van der Waals surface area (Å²) in [5.41, 5.74) is 4.01. The summed E-state index contributed by atoms with van der Waals surface area (Å²) in [4.78, 5) is 0. The van der Waals surface area contributed by atoms with Gasteiger partial charge < -0.3 is 9.88 Å². The van der Waals surface area contributed by atoms with Gasteiger partial charge in [-0.15, -0.1) is 0 Å². The summed E-state index contributed by atoms with van der Waals surface area (Å²) in [6.45, 7) is 2.74. The molecule has 4 heteroatoms. The van der Waals surface area contributed by atoms with Crippen molar-refractivity contribution in [2.75, 3.05) is 5.32 Å². The fraction of sp³-hybridized carbons (Fsp3) is 0.214. The zero-order valence-corrected chi connectivity index (χ0v) is 12.0. The van der Waals surface area contributed by atoms with Crippen molar-refractivity contribution < 1.29 is 0 Å². The maximum absolute atomic E-state index is 8.99. The Labute approximate surface area is 115 Å². The van der Waals surface area contributed by atoms with E-state index in [1.54, 1.807) is 0 Å². The number of anilines is 1. The third-order valence-corrected chi connectivity index (χ3v) is 3.79. The quantitative estimate of drug-likeness (QED) is 0.941. The Hall–Kier alpha value is -1.73. The SMILES string of the molecule is Cc1c(CNc2ccccc2Br)cc(C#N)n1C. The number of hydrogen-bond acceptors (Lipinski definition) is 2. The fourth-order valence-corrected chi connectivity index (χ4v) is 2.27. The topological polar surface area (TPSA) is 40.8 Å². The molecule has 0 aliphatic carbocycles. The van der Waals surface area contributed by atoms with Crippen LogP contribution in [0.3, 0.4) is 0 Å². The molecule has 1 aromatic heterocycles. The van der Waals surface area contributed by atoms with E-state index >= 15 is 0 Å². The lowest BCUT2D eigenvalue weighted by Gasteiger charge is -2.08. The molecule has 2 rings (SSSR count). The van der Waals surface area contributed by atoms with Crippen LogP contribution in [0.15, 0.2) is 34.8 Å². The molecule has 0 aliphatic rings. The molecule has 0 unspecified atom stereocenters. The van der Waals surface area contributed by atoms with Crippen LogP contribution >= 0.6 is 15.9 Å². The average Bonchev–Trinajstić information content (AvgIpc) is 2.65. The van der Waals surface area contributed by atoms with Crippen molar-refractivity contribution in [1.29, 1.82) is 5.26 Å². The summed E-state index contributed by atoms with van der Waals surface area (Å²) in [6.07, 6.45) is 0. The van der Waals surface area contributed by atoms with Gasteiger partial charge in [-0.2, -0.15) is 5.26 Å². The van der Waals surface area contributed by atoms with Gasteiger partial charge in [-0.05, 0) is 46.6 Å². The highest BCUT2D eigenvalue weighted by Crippen LogP contribution is 2.23. The molecule has 1 N–H and O–H groups in total. The maximum Gasteiger partial charge on any atom is 0.120 e. The lowest BCUT2D eigenvalue weighted by molar-refractivity contribution is 0.856. The van der Waals surface area contributed by atoms with Gasteiger partial charge in [0.1, 0.15) is 11.8 Å². The monoisotopic (exact) mass is 303 g/mol. The van der Waals surface area contributed by atoms with Gasteiger partial charge in [0, 0.05) is 29.4 Å². The summed E-state index contributed by atoms with van der Waals surface area (Å²) >= 11 is 3.50. The third kappa shape index (κ3) is 2.41. The minimum atomic E-state index is 0.691. The smallest absolute Gasteiger partial charge is 0.120 e. The predicted octanol–water partition coefficient (Wildman–Crippen LogP) is 3.58. The van der Waals surface area contributed by atoms with E-state index in [4.69, 9.17) is 5.26 Å². The first-order valence-corrected chi connectivity index (χ1v) is 6.46. The minimum Gasteiger partial charge on any atom is -0.380 e. The first kappa shape index (κ1) is 12.7. The Morgan fingerprint density at radius 1 is 1.39 bits per heavy atom. The van der Waals surface area contributed by atoms with Crippen molar-refractivity contribution in [2.45, 2.75) is 13.5 Å². The van der Waals surface area contributed by atoms with Gasteiger partial charge in [-0.25, -0.2) is 0 Å². The van der Waals surface area contributed by atoms with E-state index in [-0.39, 0.29) is 0 Å². The number of benzene rings is 1. The van der Waals surface area contributed by atoms with Gasteiger partial charge in [-0.3, -0.25) is 0 Å². The van der Waals surface area contributed by atoms with E-state index in [9.17, 15) is 0 Å². The number of rotatable bonds is 3. The van der Waals surface area contributed by atoms with Crippen LogP contribution in [0, 0.1) is 18.3 Å². The zero-order chi connectivity index (χ0) is 13.1. The highest BCUT2D eigenvalue weighted by Gasteiger charge is 2.08. The van der Waals surface area contributed by atoms with Crippen LogP contribution in [-0.4, -0.2) is 4.57 Å². The molecule has 0 aliphatic heterocycles. The van der Waals surface area contributed by atoms with Gasteiger partial charge in [0.25, 0.3) is 0 Å². The Balaban J connectivity index is 2.17. The van der Waals surface area contributed by atoms with Crippen LogP contribution in [0.2, 0.25) is 0 Å². The molecule has 0 saturated carbocycles. The summed E-state index contributed by atoms with van der Waals surface area (Å²) in [5, 5.41) is 12.4. The Morgan fingerprint density at radius 3 is 2.72 bits per heavy atom. The fourth-order valence-electron chi connectivity index (χ4n) is 1.84. The number of aromatic nitrogens is 1. The maximum atomic E-state index is 8.99. The van der Waals surface area contributed by atoms with Crippen molar-refractivity contribution in [3.63, 3.8) is 0 Å². The largest absolute Gasteiger partial charge is 0.380 e. The van der Waals surface area contributed by atoms with E-state index in [1.165, 1.54) is 0 Å². The Kier molecular flexibility index (Phi) is 3.73. The molecule has 0 atom stereocenters. The average molecular weight is 304 g/mol. The van der Waals surface area contributed by atoms with Crippen molar-refractivity contribution in [3.8, 4) is 6.07 Å². The van der Waals surface area contributed by atoms with Crippen molar-refractivity contribution in [2.24, 2.45) is 7.05 Å². The molecule has 0 bridgehead atoms. The van der Waals surface area contributed by atoms with Crippen LogP contribution in [0.1, 0.15) is 17.0 Å². The predicted molar refractivity (Wildman–Crippen MR) is 76.3 cm³/mol. The van der Waals surface area contributed by atoms with E-state index < -0.39 is 0 Å². The number of para-hydroxylation sites is 1. The third-order valence-electron chi connectivity index (χ3n) is 3.10. The second kappa shape index (κ2) is 5.28. The molecule has 0 amide bonds. The van der Waals surface area contributed by atoms with Gasteiger partial charge in [0.2, 0.25) is 0 Å². The number of nitrogens with zero attached hydrogens (tertiary/aromatic N) is 2. The normalized spacial score (nSPS) is 10.1. The van der Waals surface area contributed by atoms with Gasteiger partial charge in [-0.1, -0.05) is 12.1 Å². The van der Waals surface area contributed by atoms with E-state index in [0.29, 0.717) is 12.2 Å². The summed E-state index contributed by atoms with van der Waals surface area (Å²) in [5.74, 6) is 0. The Bertz CT molecular complexity index is 608. The van der Waals surface area contributed by atoms with Gasteiger partial charge in [0.05, 0.1) is 0 Å². The number of nitriles is 1. The molecule has 1 aromatic carbocycles. The highest BCUT2D eigenvalue weighted by molar-refractivity contribution is 9.10. The standard InChI is InChI=1S/C14H14BrN3/c1-10-11(7-12(8-16)18(10)2)9-17-14-6-4-3-5-13(14)15/h3-7,17H,9H2,1-2H3. The lowest BCUT2D eigenvalue weighted by Crippen LogP contribution is -2.01. The van der Waals surface area contributed by atoms with Crippen LogP contribution < -0.4 is 5.32 Å². The molecule has 0 spiro atoms. The second-order valence-electron chi connectivity index (χ2n) is 4.14. The molecule has 18 heavy (non-hydrogen) atoms. The summed E-state index contributed by atoms with van der Waals surface area (Å²) in [6, 6.07) is 12.1. The zero-order valence-electron chi connectivity index (χ0n) is 10.4. The summed E-state index contributed by atoms with van der Waals surface area (Å²) < 4.78 is 2.95. The van der Waals surface area contributed by atoms with E-state index in [0.717, 1.165) is 21.4 Å². The van der Waals surface area contributed by atoms with Gasteiger partial charge in [0.15, 0.2) is 0 Å². The number of hydrogen-bond donors (Lipinski definition) is 1. The van der Waals surface area contributed by atoms with Gasteiger partial charge >= 0.3 is 0 Å². The number of halogens is 1. The second-order valence-corrected chi connectivity index (χ2v) is 5.00. The molecule has 1 heterocycles. The van der Waals surface area contributed by atoms with Crippen molar-refractivity contribution >= 4 is 21.6 Å². The first-order valence-electron chi connectivity index (χ1n) is 5.67. The van der Waals surface area contributed by atoms with Crippen LogP contribution in [-0.2, 0) is 13.6 Å². The molecule has 0 fully saturated rings. The molecule has 2 aromatic rings. The Morgan fingerprint density at radius 2 is 2.11 bits per heavy atom. The molecule has 0 radical (unpaired) electrons. The minimum absolute atomic E-state index is 0.691. The molecule has 3 nitrogen and oxygen atoms in total. The highest BCUT2D eigenvalue weighted by atomic mass is 79.9. The van der Waals surface area contributed by atoms with Crippen LogP contribution in [0.4, 0.5) is 5.69 Å². The van der Waals surface area contributed by atoms with Crippen molar-refractivity contribution in [3.05, 3.63) is 51.8 Å². The van der Waals surface area contributed by atoms with Crippen LogP contribution in [0.25, 0.3) is 0 Å². The molecule has 0 saturated heterocycles. The molecule has 92 valence electrons. The van der Waals surface area contributed by atoms with E-state index in [2.05, 4.69) is 27.3 Å². The van der Waals surface area contributed by atoms with E-state index in [1.807, 2.05) is 48.9 Å². The lowest BCUT2D eigenvalue weighted by atomic mass is 10.2. The van der Waals surface area contributed by atoms with Crippen molar-refractivity contribution in [1.82, 2.24) is 4.57 Å². The number of nitrogens with one attached hydrogen (secondary N) is 1. The molecular formula is C14H14BrN3. The molecular weight excluding hydrogens is 290 g/mol. The summed E-state index contributed by atoms with van der Waals surface area (Å²) in [7, 11) is 1.91. The van der Waals surface area contributed by atoms with Crippen LogP contribution in [0.5, 0.6) is 0 Å².